The van der Waals surface area contributed by atoms with E-state index in [2.05, 4.69) is 47.0 Å². The average Bonchev–Trinajstić information content (AvgIpc) is 3.21. The highest BCUT2D eigenvalue weighted by molar-refractivity contribution is 5.97. The predicted octanol–water partition coefficient (Wildman–Crippen LogP) is 5.01. The van der Waals surface area contributed by atoms with Crippen LogP contribution in [0.25, 0.3) is 10.9 Å². The molecule has 2 unspecified atom stereocenters. The summed E-state index contributed by atoms with van der Waals surface area (Å²) >= 11 is 0. The van der Waals surface area contributed by atoms with Crippen molar-refractivity contribution >= 4 is 22.8 Å². The van der Waals surface area contributed by atoms with E-state index in [4.69, 9.17) is 15.2 Å². The molecule has 3 aromatic carbocycles. The van der Waals surface area contributed by atoms with Crippen LogP contribution in [-0.4, -0.2) is 29.7 Å². The fraction of sp³-hybridized carbons (Fsp3) is 0.290. The van der Waals surface area contributed by atoms with E-state index in [1.54, 1.807) is 0 Å². The number of esters is 1. The number of ether oxygens (including phenoxy) is 2. The van der Waals surface area contributed by atoms with Gasteiger partial charge in [0.15, 0.2) is 0 Å². The number of fused-ring (bicyclic) bond motifs is 3. The number of amides is 1. The van der Waals surface area contributed by atoms with Gasteiger partial charge in [0.1, 0.15) is 19.0 Å². The summed E-state index contributed by atoms with van der Waals surface area (Å²) in [5, 5.41) is 0.929. The van der Waals surface area contributed by atoms with E-state index in [0.717, 1.165) is 35.0 Å². The van der Waals surface area contributed by atoms with Gasteiger partial charge >= 0.3 is 5.97 Å². The first-order valence-corrected chi connectivity index (χ1v) is 12.8. The largest absolute Gasteiger partial charge is 0.489 e. The van der Waals surface area contributed by atoms with E-state index in [1.165, 1.54) is 18.1 Å². The van der Waals surface area contributed by atoms with E-state index in [9.17, 15) is 9.59 Å². The molecule has 0 saturated heterocycles. The quantitative estimate of drug-likeness (QED) is 0.261. The van der Waals surface area contributed by atoms with Gasteiger partial charge in [0.05, 0.1) is 11.4 Å². The first kappa shape index (κ1) is 24.6. The van der Waals surface area contributed by atoms with E-state index in [0.29, 0.717) is 24.6 Å². The zero-order chi connectivity index (χ0) is 25.8. The van der Waals surface area contributed by atoms with Gasteiger partial charge in [-0.2, -0.15) is 0 Å². The summed E-state index contributed by atoms with van der Waals surface area (Å²) in [5.74, 6) is -0.0887. The van der Waals surface area contributed by atoms with Gasteiger partial charge in [0.25, 0.3) is 0 Å². The van der Waals surface area contributed by atoms with Crippen LogP contribution >= 0.6 is 0 Å². The zero-order valence-corrected chi connectivity index (χ0v) is 21.1. The monoisotopic (exact) mass is 496 g/mol. The Kier molecular flexibility index (Phi) is 7.26. The molecule has 0 spiro atoms. The second kappa shape index (κ2) is 10.9. The standard InChI is InChI=1S/C31H32N2O4/c1-21(34)36-15-16-37-28-14-8-13-26-30(28)29-25(31(32)35)18-24(17-22-9-4-2-5-10-22)19-27(29)33(26)20-23-11-6-3-7-12-23/h2-14,24-25H,15-20H2,1H3,(H2,32,35). The van der Waals surface area contributed by atoms with Gasteiger partial charge in [-0.25, -0.2) is 0 Å². The summed E-state index contributed by atoms with van der Waals surface area (Å²) < 4.78 is 13.5. The van der Waals surface area contributed by atoms with Crippen molar-refractivity contribution < 1.29 is 19.1 Å². The lowest BCUT2D eigenvalue weighted by molar-refractivity contribution is -0.141. The highest BCUT2D eigenvalue weighted by Gasteiger charge is 2.36. The van der Waals surface area contributed by atoms with Crippen LogP contribution in [0, 0.1) is 5.92 Å². The zero-order valence-electron chi connectivity index (χ0n) is 21.1. The molecule has 1 amide bonds. The molecule has 0 radical (unpaired) electrons. The summed E-state index contributed by atoms with van der Waals surface area (Å²) in [4.78, 5) is 24.1. The summed E-state index contributed by atoms with van der Waals surface area (Å²) in [6.07, 6.45) is 2.44. The fourth-order valence-electron chi connectivity index (χ4n) is 5.62. The number of nitrogens with two attached hydrogens (primary N) is 1. The highest BCUT2D eigenvalue weighted by atomic mass is 16.6. The van der Waals surface area contributed by atoms with Crippen molar-refractivity contribution in [3.63, 3.8) is 0 Å². The fourth-order valence-corrected chi connectivity index (χ4v) is 5.62. The normalized spacial score (nSPS) is 16.8. The van der Waals surface area contributed by atoms with Gasteiger partial charge in [0, 0.05) is 24.5 Å². The molecule has 4 aromatic rings. The molecule has 1 heterocycles. The molecule has 190 valence electrons. The van der Waals surface area contributed by atoms with E-state index >= 15 is 0 Å². The molecule has 1 aromatic heterocycles. The summed E-state index contributed by atoms with van der Waals surface area (Å²) in [6.45, 7) is 2.46. The molecule has 0 bridgehead atoms. The molecule has 0 aliphatic heterocycles. The number of hydrogen-bond acceptors (Lipinski definition) is 4. The van der Waals surface area contributed by atoms with Gasteiger partial charge in [-0.05, 0) is 54.0 Å². The highest BCUT2D eigenvalue weighted by Crippen LogP contribution is 2.45. The minimum atomic E-state index is -0.407. The maximum atomic E-state index is 12.9. The summed E-state index contributed by atoms with van der Waals surface area (Å²) in [5.41, 5.74) is 11.6. The molecule has 1 aliphatic rings. The van der Waals surface area contributed by atoms with Crippen LogP contribution in [0.4, 0.5) is 0 Å². The van der Waals surface area contributed by atoms with Crippen LogP contribution < -0.4 is 10.5 Å². The van der Waals surface area contributed by atoms with Crippen LogP contribution in [0.2, 0.25) is 0 Å². The van der Waals surface area contributed by atoms with Crippen LogP contribution in [0.1, 0.15) is 41.6 Å². The Morgan fingerprint density at radius 2 is 1.62 bits per heavy atom. The molecule has 6 nitrogen and oxygen atoms in total. The molecular weight excluding hydrogens is 464 g/mol. The minimum absolute atomic E-state index is 0.164. The Morgan fingerprint density at radius 1 is 0.919 bits per heavy atom. The van der Waals surface area contributed by atoms with Crippen LogP contribution in [0.3, 0.4) is 0 Å². The third kappa shape index (κ3) is 5.38. The number of hydrogen-bond donors (Lipinski definition) is 1. The average molecular weight is 497 g/mol. The second-order valence-corrected chi connectivity index (χ2v) is 9.72. The molecular formula is C31H32N2O4. The van der Waals surface area contributed by atoms with Gasteiger partial charge in [-0.15, -0.1) is 0 Å². The topological polar surface area (TPSA) is 83.6 Å². The molecule has 1 aliphatic carbocycles. The Bertz CT molecular complexity index is 1400. The van der Waals surface area contributed by atoms with Crippen molar-refractivity contribution in [2.24, 2.45) is 11.7 Å². The van der Waals surface area contributed by atoms with Crippen molar-refractivity contribution in [1.29, 1.82) is 0 Å². The van der Waals surface area contributed by atoms with E-state index in [-0.39, 0.29) is 25.1 Å². The predicted molar refractivity (Wildman–Crippen MR) is 144 cm³/mol. The number of nitrogens with zero attached hydrogens (tertiary/aromatic N) is 1. The lowest BCUT2D eigenvalue weighted by atomic mass is 9.76. The number of aromatic nitrogens is 1. The molecule has 2 atom stereocenters. The maximum absolute atomic E-state index is 12.9. The van der Waals surface area contributed by atoms with Crippen LogP contribution in [0.5, 0.6) is 5.75 Å². The minimum Gasteiger partial charge on any atom is -0.489 e. The van der Waals surface area contributed by atoms with Gasteiger partial charge < -0.3 is 19.8 Å². The Labute approximate surface area is 217 Å². The number of carbonyl (C=O) groups is 2. The van der Waals surface area contributed by atoms with E-state index < -0.39 is 5.92 Å². The number of benzene rings is 3. The second-order valence-electron chi connectivity index (χ2n) is 9.72. The summed E-state index contributed by atoms with van der Waals surface area (Å²) in [6, 6.07) is 26.7. The molecule has 6 heteroatoms. The van der Waals surface area contributed by atoms with E-state index in [1.807, 2.05) is 36.4 Å². The Morgan fingerprint density at radius 3 is 2.30 bits per heavy atom. The van der Waals surface area contributed by atoms with Crippen LogP contribution in [0.15, 0.2) is 78.9 Å². The van der Waals surface area contributed by atoms with Crippen molar-refractivity contribution in [2.75, 3.05) is 13.2 Å². The Hall–Kier alpha value is -4.06. The molecule has 0 saturated carbocycles. The molecule has 37 heavy (non-hydrogen) atoms. The molecule has 5 rings (SSSR count). The van der Waals surface area contributed by atoms with Gasteiger partial charge in [-0.1, -0.05) is 66.7 Å². The van der Waals surface area contributed by atoms with Crippen molar-refractivity contribution in [2.45, 2.75) is 38.6 Å². The first-order valence-electron chi connectivity index (χ1n) is 12.8. The SMILES string of the molecule is CC(=O)OCCOc1cccc2c1c1c(n2Cc2ccccc2)CC(Cc2ccccc2)CC1C(N)=O. The lowest BCUT2D eigenvalue weighted by Crippen LogP contribution is -2.30. The molecule has 0 fully saturated rings. The lowest BCUT2D eigenvalue weighted by Gasteiger charge is -2.30. The maximum Gasteiger partial charge on any atom is 0.302 e. The Balaban J connectivity index is 1.60. The molecule has 2 N–H and O–H groups in total. The number of rotatable bonds is 9. The van der Waals surface area contributed by atoms with Crippen LogP contribution in [-0.2, 0) is 33.7 Å². The van der Waals surface area contributed by atoms with Crippen molar-refractivity contribution in [3.05, 3.63) is 101 Å². The smallest absolute Gasteiger partial charge is 0.302 e. The van der Waals surface area contributed by atoms with Crippen molar-refractivity contribution in [3.8, 4) is 5.75 Å². The number of primary amides is 1. The summed E-state index contributed by atoms with van der Waals surface area (Å²) in [7, 11) is 0. The third-order valence-electron chi connectivity index (χ3n) is 7.14. The van der Waals surface area contributed by atoms with Gasteiger partial charge in [-0.3, -0.25) is 9.59 Å². The number of carbonyl (C=O) groups excluding carboxylic acids is 2. The first-order chi connectivity index (χ1) is 18.0. The third-order valence-corrected chi connectivity index (χ3v) is 7.14. The van der Waals surface area contributed by atoms with Gasteiger partial charge in [0.2, 0.25) is 5.91 Å². The van der Waals surface area contributed by atoms with Crippen molar-refractivity contribution in [1.82, 2.24) is 4.57 Å².